The van der Waals surface area contributed by atoms with Crippen molar-refractivity contribution in [2.45, 2.75) is 51.3 Å². The van der Waals surface area contributed by atoms with E-state index >= 15 is 0 Å². The molecule has 2 aromatic carbocycles. The summed E-state index contributed by atoms with van der Waals surface area (Å²) in [5, 5.41) is 10.4. The monoisotopic (exact) mass is 394 g/mol. The summed E-state index contributed by atoms with van der Waals surface area (Å²) in [7, 11) is 1.90. The Labute approximate surface area is 175 Å². The summed E-state index contributed by atoms with van der Waals surface area (Å²) in [5.41, 5.74) is 2.02. The minimum Gasteiger partial charge on any atom is -0.378 e. The molecule has 1 aliphatic rings. The fourth-order valence-electron chi connectivity index (χ4n) is 4.45. The van der Waals surface area contributed by atoms with E-state index < -0.39 is 0 Å². The van der Waals surface area contributed by atoms with Crippen LogP contribution in [0, 0.1) is 5.92 Å². The van der Waals surface area contributed by atoms with Crippen molar-refractivity contribution < 1.29 is 9.90 Å². The van der Waals surface area contributed by atoms with Crippen molar-refractivity contribution in [3.63, 3.8) is 0 Å². The predicted molar refractivity (Wildman–Crippen MR) is 118 cm³/mol. The molecule has 2 atom stereocenters. The average molecular weight is 395 g/mol. The molecule has 0 saturated carbocycles. The molecule has 0 aromatic heterocycles. The number of nitrogens with zero attached hydrogens (tertiary/aromatic N) is 2. The molecule has 0 bridgehead atoms. The molecule has 2 unspecified atom stereocenters. The van der Waals surface area contributed by atoms with Crippen LogP contribution in [0.2, 0.25) is 0 Å². The summed E-state index contributed by atoms with van der Waals surface area (Å²) in [6, 6.07) is 20.2. The van der Waals surface area contributed by atoms with Crippen LogP contribution in [0.1, 0.15) is 50.2 Å². The third kappa shape index (κ3) is 5.46. The van der Waals surface area contributed by atoms with Crippen LogP contribution < -0.4 is 0 Å². The summed E-state index contributed by atoms with van der Waals surface area (Å²) in [6.45, 7) is 5.94. The SMILES string of the molecule is CC(C)CC(CN(C)C(=O)C(c1ccccc1)c1ccccc1)N1CCCC1O. The van der Waals surface area contributed by atoms with Crippen LogP contribution in [-0.2, 0) is 4.79 Å². The number of likely N-dealkylation sites (tertiary alicyclic amines) is 1. The normalized spacial score (nSPS) is 18.3. The first-order chi connectivity index (χ1) is 14.0. The molecule has 0 radical (unpaired) electrons. The van der Waals surface area contributed by atoms with Gasteiger partial charge in [-0.05, 0) is 36.3 Å². The minimum absolute atomic E-state index is 0.102. The van der Waals surface area contributed by atoms with Crippen molar-refractivity contribution in [2.24, 2.45) is 5.92 Å². The van der Waals surface area contributed by atoms with E-state index in [4.69, 9.17) is 0 Å². The van der Waals surface area contributed by atoms with Gasteiger partial charge in [0.1, 0.15) is 6.23 Å². The van der Waals surface area contributed by atoms with E-state index in [2.05, 4.69) is 18.7 Å². The number of amides is 1. The van der Waals surface area contributed by atoms with Crippen molar-refractivity contribution in [2.75, 3.05) is 20.1 Å². The lowest BCUT2D eigenvalue weighted by Crippen LogP contribution is -2.48. The molecule has 1 fully saturated rings. The number of carbonyl (C=O) groups is 1. The Morgan fingerprint density at radius 1 is 1.07 bits per heavy atom. The first-order valence-corrected chi connectivity index (χ1v) is 10.8. The minimum atomic E-state index is -0.388. The van der Waals surface area contributed by atoms with Gasteiger partial charge in [0.25, 0.3) is 0 Å². The van der Waals surface area contributed by atoms with Gasteiger partial charge in [-0.3, -0.25) is 9.69 Å². The van der Waals surface area contributed by atoms with Crippen LogP contribution >= 0.6 is 0 Å². The van der Waals surface area contributed by atoms with Gasteiger partial charge in [0.15, 0.2) is 0 Å². The maximum atomic E-state index is 13.6. The third-order valence-corrected chi connectivity index (χ3v) is 5.85. The van der Waals surface area contributed by atoms with Crippen molar-refractivity contribution in [1.29, 1.82) is 0 Å². The first kappa shape index (κ1) is 21.5. The number of carbonyl (C=O) groups excluding carboxylic acids is 1. The summed E-state index contributed by atoms with van der Waals surface area (Å²) in [6.07, 6.45) is 2.42. The van der Waals surface area contributed by atoms with Crippen LogP contribution in [0.5, 0.6) is 0 Å². The molecule has 1 amide bonds. The topological polar surface area (TPSA) is 43.8 Å². The lowest BCUT2D eigenvalue weighted by molar-refractivity contribution is -0.132. The van der Waals surface area contributed by atoms with Crippen molar-refractivity contribution >= 4 is 5.91 Å². The molecular weight excluding hydrogens is 360 g/mol. The zero-order valence-corrected chi connectivity index (χ0v) is 17.9. The van der Waals surface area contributed by atoms with Gasteiger partial charge in [0, 0.05) is 26.2 Å². The number of hydrogen-bond donors (Lipinski definition) is 1. The Morgan fingerprint density at radius 3 is 2.07 bits per heavy atom. The zero-order valence-electron chi connectivity index (χ0n) is 17.9. The number of hydrogen-bond acceptors (Lipinski definition) is 3. The van der Waals surface area contributed by atoms with Gasteiger partial charge in [-0.25, -0.2) is 0 Å². The van der Waals surface area contributed by atoms with Crippen LogP contribution in [0.15, 0.2) is 60.7 Å². The number of benzene rings is 2. The highest BCUT2D eigenvalue weighted by atomic mass is 16.3. The zero-order chi connectivity index (χ0) is 20.8. The second-order valence-corrected chi connectivity index (χ2v) is 8.62. The Kier molecular flexibility index (Phi) is 7.45. The summed E-state index contributed by atoms with van der Waals surface area (Å²) < 4.78 is 0. The summed E-state index contributed by atoms with van der Waals surface area (Å²) in [4.78, 5) is 17.7. The highest BCUT2D eigenvalue weighted by molar-refractivity contribution is 5.87. The molecule has 4 heteroatoms. The molecule has 1 aliphatic heterocycles. The van der Waals surface area contributed by atoms with Gasteiger partial charge >= 0.3 is 0 Å². The molecule has 2 aromatic rings. The number of aliphatic hydroxyl groups is 1. The van der Waals surface area contributed by atoms with Crippen LogP contribution in [-0.4, -0.2) is 53.2 Å². The second kappa shape index (κ2) is 10.0. The highest BCUT2D eigenvalue weighted by Gasteiger charge is 2.33. The maximum absolute atomic E-state index is 13.6. The fraction of sp³-hybridized carbons (Fsp3) is 0.480. The Balaban J connectivity index is 1.82. The number of rotatable bonds is 8. The van der Waals surface area contributed by atoms with E-state index in [9.17, 15) is 9.90 Å². The largest absolute Gasteiger partial charge is 0.378 e. The van der Waals surface area contributed by atoms with E-state index in [1.807, 2.05) is 72.6 Å². The van der Waals surface area contributed by atoms with Gasteiger partial charge in [-0.2, -0.15) is 0 Å². The third-order valence-electron chi connectivity index (χ3n) is 5.85. The van der Waals surface area contributed by atoms with E-state index in [-0.39, 0.29) is 24.1 Å². The standard InChI is InChI=1S/C25H34N2O2/c1-19(2)17-22(27-16-10-15-23(27)28)18-26(3)25(29)24(20-11-6-4-7-12-20)21-13-8-5-9-14-21/h4-9,11-14,19,22-24,28H,10,15-18H2,1-3H3. The van der Waals surface area contributed by atoms with Crippen molar-refractivity contribution in [1.82, 2.24) is 9.80 Å². The molecule has 3 rings (SSSR count). The molecule has 1 N–H and O–H groups in total. The van der Waals surface area contributed by atoms with Crippen LogP contribution in [0.3, 0.4) is 0 Å². The van der Waals surface area contributed by atoms with Gasteiger partial charge in [-0.1, -0.05) is 74.5 Å². The second-order valence-electron chi connectivity index (χ2n) is 8.62. The van der Waals surface area contributed by atoms with E-state index in [0.29, 0.717) is 12.5 Å². The predicted octanol–water partition coefficient (Wildman–Crippen LogP) is 4.11. The Bertz CT molecular complexity index is 723. The number of likely N-dealkylation sites (N-methyl/N-ethyl adjacent to an activating group) is 1. The maximum Gasteiger partial charge on any atom is 0.234 e. The van der Waals surface area contributed by atoms with E-state index in [1.54, 1.807) is 0 Å². The fourth-order valence-corrected chi connectivity index (χ4v) is 4.45. The van der Waals surface area contributed by atoms with Gasteiger partial charge < -0.3 is 10.0 Å². The molecule has 0 aliphatic carbocycles. The Hall–Kier alpha value is -2.17. The van der Waals surface area contributed by atoms with Gasteiger partial charge in [-0.15, -0.1) is 0 Å². The van der Waals surface area contributed by atoms with E-state index in [0.717, 1.165) is 36.9 Å². The molecule has 156 valence electrons. The first-order valence-electron chi connectivity index (χ1n) is 10.8. The van der Waals surface area contributed by atoms with Crippen molar-refractivity contribution in [3.05, 3.63) is 71.8 Å². The number of aliphatic hydroxyl groups excluding tert-OH is 1. The molecule has 4 nitrogen and oxygen atoms in total. The van der Waals surface area contributed by atoms with Gasteiger partial charge in [0.05, 0.1) is 5.92 Å². The lowest BCUT2D eigenvalue weighted by Gasteiger charge is -2.35. The quantitative estimate of drug-likeness (QED) is 0.733. The van der Waals surface area contributed by atoms with Crippen LogP contribution in [0.4, 0.5) is 0 Å². The molecule has 1 heterocycles. The van der Waals surface area contributed by atoms with Gasteiger partial charge in [0.2, 0.25) is 5.91 Å². The smallest absolute Gasteiger partial charge is 0.234 e. The lowest BCUT2D eigenvalue weighted by atomic mass is 9.90. The Morgan fingerprint density at radius 2 is 1.62 bits per heavy atom. The van der Waals surface area contributed by atoms with Crippen molar-refractivity contribution in [3.8, 4) is 0 Å². The summed E-state index contributed by atoms with van der Waals surface area (Å²) >= 11 is 0. The molecule has 29 heavy (non-hydrogen) atoms. The van der Waals surface area contributed by atoms with E-state index in [1.165, 1.54) is 0 Å². The summed E-state index contributed by atoms with van der Waals surface area (Å²) in [5.74, 6) is 0.297. The molecule has 1 saturated heterocycles. The van der Waals surface area contributed by atoms with Crippen LogP contribution in [0.25, 0.3) is 0 Å². The highest BCUT2D eigenvalue weighted by Crippen LogP contribution is 2.28. The average Bonchev–Trinajstić information content (AvgIpc) is 3.15. The molecular formula is C25H34N2O2. The molecule has 0 spiro atoms.